The Balaban J connectivity index is 2.34. The molecule has 3 rings (SSSR count). The van der Waals surface area contributed by atoms with Gasteiger partial charge in [0.25, 0.3) is 0 Å². The van der Waals surface area contributed by atoms with Crippen LogP contribution in [0, 0.1) is 13.8 Å². The molecule has 0 aliphatic carbocycles. The van der Waals surface area contributed by atoms with Gasteiger partial charge in [0, 0.05) is 16.0 Å². The van der Waals surface area contributed by atoms with E-state index in [1.807, 2.05) is 38.1 Å². The Morgan fingerprint density at radius 2 is 1.77 bits per heavy atom. The van der Waals surface area contributed by atoms with Crippen LogP contribution in [0.5, 0.6) is 0 Å². The molecular formula is C18H14ClNO2. The van der Waals surface area contributed by atoms with E-state index in [9.17, 15) is 9.90 Å². The average molecular weight is 312 g/mol. The van der Waals surface area contributed by atoms with Gasteiger partial charge in [-0.2, -0.15) is 0 Å². The van der Waals surface area contributed by atoms with E-state index in [1.165, 1.54) is 0 Å². The smallest absolute Gasteiger partial charge is 0.336 e. The summed E-state index contributed by atoms with van der Waals surface area (Å²) in [5.74, 6) is -0.949. The molecule has 3 aromatic rings. The molecule has 0 amide bonds. The number of pyridine rings is 1. The van der Waals surface area contributed by atoms with Crippen LogP contribution >= 0.6 is 11.6 Å². The molecule has 22 heavy (non-hydrogen) atoms. The lowest BCUT2D eigenvalue weighted by molar-refractivity contribution is 0.0699. The third-order valence-corrected chi connectivity index (χ3v) is 3.87. The summed E-state index contributed by atoms with van der Waals surface area (Å²) in [7, 11) is 0. The molecule has 0 radical (unpaired) electrons. The van der Waals surface area contributed by atoms with E-state index in [-0.39, 0.29) is 5.56 Å². The fourth-order valence-corrected chi connectivity index (χ4v) is 2.82. The van der Waals surface area contributed by atoms with Crippen LogP contribution in [0.25, 0.3) is 22.2 Å². The molecule has 0 aliphatic heterocycles. The van der Waals surface area contributed by atoms with Gasteiger partial charge >= 0.3 is 5.97 Å². The lowest BCUT2D eigenvalue weighted by Gasteiger charge is -2.10. The number of aromatic nitrogens is 1. The van der Waals surface area contributed by atoms with Gasteiger partial charge in [-0.25, -0.2) is 9.78 Å². The number of aryl methyl sites for hydroxylation is 2. The molecule has 0 spiro atoms. The van der Waals surface area contributed by atoms with E-state index in [0.717, 1.165) is 16.7 Å². The van der Waals surface area contributed by atoms with Crippen LogP contribution in [0.4, 0.5) is 0 Å². The number of hydrogen-bond donors (Lipinski definition) is 1. The minimum absolute atomic E-state index is 0.271. The van der Waals surface area contributed by atoms with Crippen LogP contribution in [0.15, 0.2) is 42.5 Å². The first-order valence-corrected chi connectivity index (χ1v) is 7.25. The Bertz CT molecular complexity index is 886. The van der Waals surface area contributed by atoms with Crippen molar-refractivity contribution in [1.29, 1.82) is 0 Å². The van der Waals surface area contributed by atoms with E-state index >= 15 is 0 Å². The van der Waals surface area contributed by atoms with Crippen molar-refractivity contribution in [3.8, 4) is 11.3 Å². The second-order valence-electron chi connectivity index (χ2n) is 5.34. The van der Waals surface area contributed by atoms with Crippen LogP contribution in [-0.4, -0.2) is 16.1 Å². The van der Waals surface area contributed by atoms with E-state index in [4.69, 9.17) is 11.6 Å². The Kier molecular flexibility index (Phi) is 3.59. The lowest BCUT2D eigenvalue weighted by atomic mass is 9.99. The highest BCUT2D eigenvalue weighted by molar-refractivity contribution is 6.30. The molecule has 0 unspecified atom stereocenters. The minimum Gasteiger partial charge on any atom is -0.478 e. The highest BCUT2D eigenvalue weighted by Crippen LogP contribution is 2.28. The molecule has 0 saturated carbocycles. The zero-order valence-corrected chi connectivity index (χ0v) is 13.0. The number of carboxylic acids is 1. The molecule has 1 N–H and O–H groups in total. The molecule has 1 aromatic heterocycles. The van der Waals surface area contributed by atoms with E-state index in [1.54, 1.807) is 18.2 Å². The summed E-state index contributed by atoms with van der Waals surface area (Å²) in [5.41, 5.74) is 4.42. The summed E-state index contributed by atoms with van der Waals surface area (Å²) in [6, 6.07) is 12.7. The van der Waals surface area contributed by atoms with Gasteiger partial charge in [-0.3, -0.25) is 0 Å². The predicted molar refractivity (Wildman–Crippen MR) is 88.6 cm³/mol. The number of aromatic carboxylic acids is 1. The van der Waals surface area contributed by atoms with Crippen molar-refractivity contribution in [1.82, 2.24) is 4.98 Å². The summed E-state index contributed by atoms with van der Waals surface area (Å²) in [4.78, 5) is 16.3. The normalized spacial score (nSPS) is 10.9. The van der Waals surface area contributed by atoms with Gasteiger partial charge in [0.1, 0.15) is 0 Å². The molecule has 0 saturated heterocycles. The molecule has 2 aromatic carbocycles. The number of rotatable bonds is 2. The number of fused-ring (bicyclic) bond motifs is 1. The number of halogens is 1. The van der Waals surface area contributed by atoms with Crippen LogP contribution in [0.2, 0.25) is 5.02 Å². The predicted octanol–water partition coefficient (Wildman–Crippen LogP) is 4.87. The molecular weight excluding hydrogens is 298 g/mol. The van der Waals surface area contributed by atoms with Crippen molar-refractivity contribution in [3.05, 3.63) is 64.2 Å². The molecule has 0 atom stereocenters. The fourth-order valence-electron chi connectivity index (χ4n) is 2.69. The monoisotopic (exact) mass is 311 g/mol. The van der Waals surface area contributed by atoms with Crippen LogP contribution in [-0.2, 0) is 0 Å². The third-order valence-electron chi connectivity index (χ3n) is 3.62. The van der Waals surface area contributed by atoms with Crippen molar-refractivity contribution < 1.29 is 9.90 Å². The van der Waals surface area contributed by atoms with Crippen molar-refractivity contribution in [2.75, 3.05) is 0 Å². The van der Waals surface area contributed by atoms with E-state index in [2.05, 4.69) is 4.98 Å². The maximum absolute atomic E-state index is 11.6. The number of carbonyl (C=O) groups is 1. The second kappa shape index (κ2) is 5.43. The highest BCUT2D eigenvalue weighted by atomic mass is 35.5. The number of carboxylic acid groups (broad SMARTS) is 1. The van der Waals surface area contributed by atoms with Gasteiger partial charge in [0.15, 0.2) is 0 Å². The SMILES string of the molecule is Cc1cc(C)c2c(C(=O)O)cc(-c3ccc(Cl)cc3)nc2c1. The summed E-state index contributed by atoms with van der Waals surface area (Å²) < 4.78 is 0. The molecule has 0 bridgehead atoms. The quantitative estimate of drug-likeness (QED) is 0.734. The van der Waals surface area contributed by atoms with Gasteiger partial charge in [0.2, 0.25) is 0 Å². The molecule has 0 fully saturated rings. The average Bonchev–Trinajstić information content (AvgIpc) is 2.46. The standard InChI is InChI=1S/C18H14ClNO2/c1-10-7-11(2)17-14(18(21)22)9-15(20-16(17)8-10)12-3-5-13(19)6-4-12/h3-9H,1-2H3,(H,21,22). The molecule has 0 aliphatic rings. The minimum atomic E-state index is -0.949. The molecule has 4 heteroatoms. The first kappa shape index (κ1) is 14.5. The Morgan fingerprint density at radius 1 is 1.09 bits per heavy atom. The van der Waals surface area contributed by atoms with Crippen molar-refractivity contribution in [2.24, 2.45) is 0 Å². The highest BCUT2D eigenvalue weighted by Gasteiger charge is 2.15. The topological polar surface area (TPSA) is 50.2 Å². The van der Waals surface area contributed by atoms with Gasteiger partial charge in [0.05, 0.1) is 16.8 Å². The zero-order chi connectivity index (χ0) is 15.9. The molecule has 3 nitrogen and oxygen atoms in total. The number of hydrogen-bond acceptors (Lipinski definition) is 2. The van der Waals surface area contributed by atoms with Crippen molar-refractivity contribution in [2.45, 2.75) is 13.8 Å². The largest absolute Gasteiger partial charge is 0.478 e. The first-order valence-electron chi connectivity index (χ1n) is 6.87. The van der Waals surface area contributed by atoms with Crippen molar-refractivity contribution >= 4 is 28.5 Å². The van der Waals surface area contributed by atoms with Crippen LogP contribution in [0.3, 0.4) is 0 Å². The summed E-state index contributed by atoms with van der Waals surface area (Å²) >= 11 is 5.90. The third kappa shape index (κ3) is 2.55. The van der Waals surface area contributed by atoms with Crippen LogP contribution < -0.4 is 0 Å². The Labute approximate surface area is 133 Å². The number of benzene rings is 2. The van der Waals surface area contributed by atoms with Gasteiger partial charge in [-0.15, -0.1) is 0 Å². The Hall–Kier alpha value is -2.39. The van der Waals surface area contributed by atoms with Gasteiger partial charge in [-0.1, -0.05) is 29.8 Å². The molecule has 110 valence electrons. The van der Waals surface area contributed by atoms with E-state index in [0.29, 0.717) is 21.6 Å². The molecule has 1 heterocycles. The maximum atomic E-state index is 11.6. The van der Waals surface area contributed by atoms with Crippen LogP contribution in [0.1, 0.15) is 21.5 Å². The Morgan fingerprint density at radius 3 is 2.41 bits per heavy atom. The summed E-state index contributed by atoms with van der Waals surface area (Å²) in [6.45, 7) is 3.88. The summed E-state index contributed by atoms with van der Waals surface area (Å²) in [6.07, 6.45) is 0. The summed E-state index contributed by atoms with van der Waals surface area (Å²) in [5, 5.41) is 10.9. The van der Waals surface area contributed by atoms with Gasteiger partial charge in [-0.05, 0) is 49.2 Å². The maximum Gasteiger partial charge on any atom is 0.336 e. The van der Waals surface area contributed by atoms with E-state index < -0.39 is 5.97 Å². The van der Waals surface area contributed by atoms with Crippen molar-refractivity contribution in [3.63, 3.8) is 0 Å². The number of nitrogens with zero attached hydrogens (tertiary/aromatic N) is 1. The zero-order valence-electron chi connectivity index (χ0n) is 12.2. The van der Waals surface area contributed by atoms with Gasteiger partial charge < -0.3 is 5.11 Å². The second-order valence-corrected chi connectivity index (χ2v) is 5.78. The first-order chi connectivity index (χ1) is 10.5. The lowest BCUT2D eigenvalue weighted by Crippen LogP contribution is -2.02. The fraction of sp³-hybridized carbons (Fsp3) is 0.111.